The normalized spacial score (nSPS) is 10.8. The summed E-state index contributed by atoms with van der Waals surface area (Å²) >= 11 is 1.46. The lowest BCUT2D eigenvalue weighted by Crippen LogP contribution is -2.14. The topological polar surface area (TPSA) is 96.7 Å². The number of nitrogens with one attached hydrogen (secondary N) is 2. The summed E-state index contributed by atoms with van der Waals surface area (Å²) in [5.41, 5.74) is 6.36. The highest BCUT2D eigenvalue weighted by Gasteiger charge is 2.15. The van der Waals surface area contributed by atoms with Gasteiger partial charge in [0.15, 0.2) is 11.5 Å². The first-order valence-corrected chi connectivity index (χ1v) is 7.56. The Bertz CT molecular complexity index is 864. The van der Waals surface area contributed by atoms with Gasteiger partial charge < -0.3 is 11.1 Å². The van der Waals surface area contributed by atoms with Crippen LogP contribution >= 0.6 is 11.8 Å². The van der Waals surface area contributed by atoms with E-state index in [1.165, 1.54) is 36.2 Å². The molecule has 0 spiro atoms. The number of rotatable bonds is 3. The first kappa shape index (κ1) is 14.3. The molecule has 0 saturated carbocycles. The molecule has 4 N–H and O–H groups in total. The molecule has 0 radical (unpaired) electrons. The Labute approximate surface area is 129 Å². The summed E-state index contributed by atoms with van der Waals surface area (Å²) < 4.78 is 13.9. The van der Waals surface area contributed by atoms with Gasteiger partial charge >= 0.3 is 0 Å². The number of nitrogens with two attached hydrogens (primary N) is 1. The average Bonchev–Trinajstić information content (AvgIpc) is 2.92. The van der Waals surface area contributed by atoms with Crippen molar-refractivity contribution in [2.24, 2.45) is 0 Å². The molecule has 0 aliphatic rings. The van der Waals surface area contributed by atoms with Gasteiger partial charge in [0, 0.05) is 0 Å². The number of benzene rings is 1. The third-order valence-electron chi connectivity index (χ3n) is 3.11. The largest absolute Gasteiger partial charge is 0.396 e. The van der Waals surface area contributed by atoms with E-state index >= 15 is 0 Å². The zero-order valence-corrected chi connectivity index (χ0v) is 12.4. The van der Waals surface area contributed by atoms with E-state index in [4.69, 9.17) is 5.73 Å². The van der Waals surface area contributed by atoms with Gasteiger partial charge in [0.2, 0.25) is 0 Å². The van der Waals surface area contributed by atoms with Crippen molar-refractivity contribution in [1.82, 2.24) is 15.2 Å². The zero-order chi connectivity index (χ0) is 15.7. The fraction of sp³-hybridized carbons (Fsp3) is 0.0714. The highest BCUT2D eigenvalue weighted by molar-refractivity contribution is 7.98. The molecule has 1 aromatic carbocycles. The number of carbonyl (C=O) groups excluding carboxylic acids is 1. The summed E-state index contributed by atoms with van der Waals surface area (Å²) in [7, 11) is 0. The molecule has 0 unspecified atom stereocenters. The summed E-state index contributed by atoms with van der Waals surface area (Å²) in [5.74, 6) is -1.32. The predicted octanol–water partition coefficient (Wildman–Crippen LogP) is 2.65. The van der Waals surface area contributed by atoms with Crippen LogP contribution in [0.1, 0.15) is 10.4 Å². The molecule has 0 aliphatic heterocycles. The number of H-pyrrole nitrogens is 1. The van der Waals surface area contributed by atoms with Gasteiger partial charge in [-0.25, -0.2) is 9.37 Å². The van der Waals surface area contributed by atoms with E-state index in [-0.39, 0.29) is 11.3 Å². The highest BCUT2D eigenvalue weighted by atomic mass is 32.2. The molecular formula is C14H12FN5OS. The smallest absolute Gasteiger partial charge is 0.258 e. The second kappa shape index (κ2) is 5.64. The lowest BCUT2D eigenvalue weighted by molar-refractivity contribution is 0.102. The predicted molar refractivity (Wildman–Crippen MR) is 84.4 cm³/mol. The molecule has 22 heavy (non-hydrogen) atoms. The van der Waals surface area contributed by atoms with Crippen LogP contribution in [-0.4, -0.2) is 27.3 Å². The van der Waals surface area contributed by atoms with Gasteiger partial charge in [-0.15, -0.1) is 11.8 Å². The van der Waals surface area contributed by atoms with Crippen molar-refractivity contribution in [3.63, 3.8) is 0 Å². The Hall–Kier alpha value is -2.61. The van der Waals surface area contributed by atoms with E-state index in [1.807, 2.05) is 6.26 Å². The Kier molecular flexibility index (Phi) is 3.68. The first-order chi connectivity index (χ1) is 10.6. The van der Waals surface area contributed by atoms with Crippen molar-refractivity contribution in [2.45, 2.75) is 5.03 Å². The van der Waals surface area contributed by atoms with Crippen molar-refractivity contribution >= 4 is 40.1 Å². The number of amides is 1. The van der Waals surface area contributed by atoms with Gasteiger partial charge in [-0.2, -0.15) is 5.10 Å². The first-order valence-electron chi connectivity index (χ1n) is 6.33. The lowest BCUT2D eigenvalue weighted by atomic mass is 10.1. The second-order valence-electron chi connectivity index (χ2n) is 4.52. The maximum atomic E-state index is 13.9. The van der Waals surface area contributed by atoms with Gasteiger partial charge in [0.1, 0.15) is 5.03 Å². The number of aromatic amines is 1. The summed E-state index contributed by atoms with van der Waals surface area (Å²) in [6, 6.07) is 6.03. The number of anilines is 2. The minimum Gasteiger partial charge on any atom is -0.396 e. The SMILES string of the molecule is CSc1n[nH]c2ncc(NC(=O)c3cccc(N)c3F)cc12. The van der Waals surface area contributed by atoms with Crippen LogP contribution in [0.25, 0.3) is 11.0 Å². The van der Waals surface area contributed by atoms with Gasteiger partial charge in [-0.05, 0) is 24.5 Å². The quantitative estimate of drug-likeness (QED) is 0.510. The molecule has 0 bridgehead atoms. The molecule has 0 saturated heterocycles. The van der Waals surface area contributed by atoms with Gasteiger partial charge in [0.05, 0.1) is 28.5 Å². The minimum absolute atomic E-state index is 0.0688. The van der Waals surface area contributed by atoms with E-state index in [1.54, 1.807) is 6.07 Å². The highest BCUT2D eigenvalue weighted by Crippen LogP contribution is 2.25. The van der Waals surface area contributed by atoms with Crippen LogP contribution in [0.15, 0.2) is 35.5 Å². The molecule has 2 aromatic heterocycles. The number of halogens is 1. The van der Waals surface area contributed by atoms with Gasteiger partial charge in [-0.1, -0.05) is 6.07 Å². The van der Waals surface area contributed by atoms with Gasteiger partial charge in [-0.3, -0.25) is 9.89 Å². The standard InChI is InChI=1S/C14H12FN5OS/c1-22-14-9-5-7(6-17-12(9)19-20-14)18-13(21)8-3-2-4-10(16)11(8)15/h2-6H,16H2,1H3,(H,18,21)(H,17,19,20). The maximum absolute atomic E-state index is 13.9. The fourth-order valence-electron chi connectivity index (χ4n) is 2.03. The molecule has 8 heteroatoms. The van der Waals surface area contributed by atoms with E-state index in [0.717, 1.165) is 10.4 Å². The summed E-state index contributed by atoms with van der Waals surface area (Å²) in [5, 5.41) is 11.1. The maximum Gasteiger partial charge on any atom is 0.258 e. The number of nitrogens with zero attached hydrogens (tertiary/aromatic N) is 2. The molecule has 3 rings (SSSR count). The Morgan fingerprint density at radius 2 is 2.27 bits per heavy atom. The van der Waals surface area contributed by atoms with E-state index < -0.39 is 11.7 Å². The number of aromatic nitrogens is 3. The molecule has 3 aromatic rings. The van der Waals surface area contributed by atoms with Crippen molar-refractivity contribution in [1.29, 1.82) is 0 Å². The molecule has 0 atom stereocenters. The number of pyridine rings is 1. The number of hydrogen-bond donors (Lipinski definition) is 3. The summed E-state index contributed by atoms with van der Waals surface area (Å²) in [4.78, 5) is 16.3. The summed E-state index contributed by atoms with van der Waals surface area (Å²) in [6.07, 6.45) is 3.37. The molecular weight excluding hydrogens is 305 g/mol. The molecule has 112 valence electrons. The summed E-state index contributed by atoms with van der Waals surface area (Å²) in [6.45, 7) is 0. The molecule has 2 heterocycles. The Morgan fingerprint density at radius 3 is 3.05 bits per heavy atom. The van der Waals surface area contributed by atoms with Crippen LogP contribution in [0.4, 0.5) is 15.8 Å². The van der Waals surface area contributed by atoms with Crippen LogP contribution in [0, 0.1) is 5.82 Å². The van der Waals surface area contributed by atoms with Crippen LogP contribution in [0.2, 0.25) is 0 Å². The number of nitrogen functional groups attached to an aromatic ring is 1. The minimum atomic E-state index is -0.734. The molecule has 6 nitrogen and oxygen atoms in total. The van der Waals surface area contributed by atoms with E-state index in [0.29, 0.717) is 11.3 Å². The van der Waals surface area contributed by atoms with Crippen LogP contribution in [-0.2, 0) is 0 Å². The number of thioether (sulfide) groups is 1. The van der Waals surface area contributed by atoms with E-state index in [2.05, 4.69) is 20.5 Å². The lowest BCUT2D eigenvalue weighted by Gasteiger charge is -2.07. The third-order valence-corrected chi connectivity index (χ3v) is 3.80. The Balaban J connectivity index is 1.92. The van der Waals surface area contributed by atoms with Crippen LogP contribution in [0.3, 0.4) is 0 Å². The third kappa shape index (κ3) is 2.48. The van der Waals surface area contributed by atoms with Crippen molar-refractivity contribution in [3.05, 3.63) is 41.8 Å². The van der Waals surface area contributed by atoms with Crippen LogP contribution < -0.4 is 11.1 Å². The molecule has 0 fully saturated rings. The van der Waals surface area contributed by atoms with Gasteiger partial charge in [0.25, 0.3) is 5.91 Å². The van der Waals surface area contributed by atoms with Crippen LogP contribution in [0.5, 0.6) is 0 Å². The monoisotopic (exact) mass is 317 g/mol. The van der Waals surface area contributed by atoms with Crippen molar-refractivity contribution in [3.8, 4) is 0 Å². The zero-order valence-electron chi connectivity index (χ0n) is 11.6. The molecule has 1 amide bonds. The second-order valence-corrected chi connectivity index (χ2v) is 5.31. The van der Waals surface area contributed by atoms with Crippen molar-refractivity contribution < 1.29 is 9.18 Å². The van der Waals surface area contributed by atoms with E-state index in [9.17, 15) is 9.18 Å². The van der Waals surface area contributed by atoms with Crippen molar-refractivity contribution in [2.75, 3.05) is 17.3 Å². The number of hydrogen-bond acceptors (Lipinski definition) is 5. The average molecular weight is 317 g/mol. The Morgan fingerprint density at radius 1 is 1.45 bits per heavy atom. The molecule has 0 aliphatic carbocycles. The number of fused-ring (bicyclic) bond motifs is 1. The number of carbonyl (C=O) groups is 1. The fourth-order valence-corrected chi connectivity index (χ4v) is 2.54.